The highest BCUT2D eigenvalue weighted by Gasteiger charge is 2.16. The quantitative estimate of drug-likeness (QED) is 0.671. The Balaban J connectivity index is 1.80. The maximum Gasteiger partial charge on any atom is 0.129 e. The Kier molecular flexibility index (Phi) is 4.38. The number of nitrogens with zero attached hydrogens (tertiary/aromatic N) is 2. The lowest BCUT2D eigenvalue weighted by atomic mass is 10.0. The third-order valence-electron chi connectivity index (χ3n) is 4.73. The molecule has 1 aliphatic heterocycles. The zero-order valence-electron chi connectivity index (χ0n) is 14.5. The van der Waals surface area contributed by atoms with E-state index >= 15 is 0 Å². The minimum absolute atomic E-state index is 0.876. The smallest absolute Gasteiger partial charge is 0.129 e. The van der Waals surface area contributed by atoms with Crippen molar-refractivity contribution in [1.82, 2.24) is 4.98 Å². The van der Waals surface area contributed by atoms with Gasteiger partial charge >= 0.3 is 0 Å². The minimum atomic E-state index is 0.876. The molecule has 1 fully saturated rings. The zero-order chi connectivity index (χ0) is 17.1. The van der Waals surface area contributed by atoms with Gasteiger partial charge in [0.25, 0.3) is 0 Å². The Hall–Kier alpha value is -2.81. The van der Waals surface area contributed by atoms with E-state index in [1.807, 2.05) is 18.2 Å². The van der Waals surface area contributed by atoms with Gasteiger partial charge in [-0.25, -0.2) is 4.98 Å². The fourth-order valence-corrected chi connectivity index (χ4v) is 3.33. The first kappa shape index (κ1) is 15.7. The Labute approximate surface area is 148 Å². The Morgan fingerprint density at radius 3 is 2.20 bits per heavy atom. The van der Waals surface area contributed by atoms with Crippen LogP contribution in [0.4, 0.5) is 5.82 Å². The standard InChI is InChI=1S/C22H22N2O/c1-25-20-11-9-17(10-12-20)19-15-21(18-7-3-2-4-8-18)23-22(16-19)24-13-5-6-14-24/h2-4,7-12,15-16H,5-6,13-14H2,1H3. The molecule has 1 saturated heterocycles. The van der Waals surface area contributed by atoms with E-state index in [0.29, 0.717) is 0 Å². The van der Waals surface area contributed by atoms with Gasteiger partial charge in [-0.05, 0) is 48.2 Å². The highest BCUT2D eigenvalue weighted by molar-refractivity contribution is 5.74. The molecule has 0 spiro atoms. The highest BCUT2D eigenvalue weighted by Crippen LogP contribution is 2.31. The summed E-state index contributed by atoms with van der Waals surface area (Å²) >= 11 is 0. The lowest BCUT2D eigenvalue weighted by molar-refractivity contribution is 0.415. The lowest BCUT2D eigenvalue weighted by Gasteiger charge is -2.19. The molecule has 3 aromatic rings. The summed E-state index contributed by atoms with van der Waals surface area (Å²) in [5.41, 5.74) is 4.55. The van der Waals surface area contributed by atoms with Crippen molar-refractivity contribution in [2.45, 2.75) is 12.8 Å². The second kappa shape index (κ2) is 6.98. The molecule has 0 amide bonds. The van der Waals surface area contributed by atoms with Crippen LogP contribution in [0.25, 0.3) is 22.4 Å². The summed E-state index contributed by atoms with van der Waals surface area (Å²) in [5, 5.41) is 0. The first-order valence-corrected chi connectivity index (χ1v) is 8.80. The summed E-state index contributed by atoms with van der Waals surface area (Å²) in [4.78, 5) is 7.33. The molecule has 0 saturated carbocycles. The topological polar surface area (TPSA) is 25.4 Å². The second-order valence-electron chi connectivity index (χ2n) is 6.39. The molecule has 126 valence electrons. The molecule has 0 unspecified atom stereocenters. The minimum Gasteiger partial charge on any atom is -0.497 e. The maximum atomic E-state index is 5.28. The van der Waals surface area contributed by atoms with Crippen molar-refractivity contribution in [3.05, 3.63) is 66.7 Å². The van der Waals surface area contributed by atoms with E-state index in [9.17, 15) is 0 Å². The van der Waals surface area contributed by atoms with Gasteiger partial charge < -0.3 is 9.64 Å². The van der Waals surface area contributed by atoms with Crippen LogP contribution in [-0.4, -0.2) is 25.2 Å². The third kappa shape index (κ3) is 3.36. The number of hydrogen-bond acceptors (Lipinski definition) is 3. The monoisotopic (exact) mass is 330 g/mol. The van der Waals surface area contributed by atoms with Gasteiger partial charge in [-0.3, -0.25) is 0 Å². The van der Waals surface area contributed by atoms with Gasteiger partial charge in [-0.1, -0.05) is 42.5 Å². The van der Waals surface area contributed by atoms with E-state index in [0.717, 1.165) is 35.9 Å². The summed E-state index contributed by atoms with van der Waals surface area (Å²) in [6.07, 6.45) is 2.49. The van der Waals surface area contributed by atoms with Crippen molar-refractivity contribution in [2.24, 2.45) is 0 Å². The lowest BCUT2D eigenvalue weighted by Crippen LogP contribution is -2.19. The molecule has 0 aliphatic carbocycles. The number of pyridine rings is 1. The summed E-state index contributed by atoms with van der Waals surface area (Å²) in [6.45, 7) is 2.18. The maximum absolute atomic E-state index is 5.28. The summed E-state index contributed by atoms with van der Waals surface area (Å²) in [6, 6.07) is 23.0. The van der Waals surface area contributed by atoms with Crippen LogP contribution in [0.2, 0.25) is 0 Å². The molecule has 3 nitrogen and oxygen atoms in total. The van der Waals surface area contributed by atoms with E-state index in [1.165, 1.54) is 24.0 Å². The van der Waals surface area contributed by atoms with Crippen LogP contribution in [0.15, 0.2) is 66.7 Å². The molecular formula is C22H22N2O. The summed E-state index contributed by atoms with van der Waals surface area (Å²) in [5.74, 6) is 1.95. The molecule has 1 aromatic heterocycles. The van der Waals surface area contributed by atoms with Gasteiger partial charge in [-0.15, -0.1) is 0 Å². The van der Waals surface area contributed by atoms with Crippen LogP contribution >= 0.6 is 0 Å². The number of rotatable bonds is 4. The Bertz CT molecular complexity index is 838. The average molecular weight is 330 g/mol. The van der Waals surface area contributed by atoms with Crippen molar-refractivity contribution in [2.75, 3.05) is 25.1 Å². The van der Waals surface area contributed by atoms with Gasteiger partial charge in [0.15, 0.2) is 0 Å². The summed E-state index contributed by atoms with van der Waals surface area (Å²) < 4.78 is 5.28. The second-order valence-corrected chi connectivity index (χ2v) is 6.39. The molecule has 0 atom stereocenters. The van der Waals surface area contributed by atoms with E-state index in [4.69, 9.17) is 9.72 Å². The van der Waals surface area contributed by atoms with E-state index in [-0.39, 0.29) is 0 Å². The number of hydrogen-bond donors (Lipinski definition) is 0. The molecule has 0 radical (unpaired) electrons. The van der Waals surface area contributed by atoms with E-state index in [1.54, 1.807) is 7.11 Å². The first-order chi connectivity index (χ1) is 12.3. The predicted octanol–water partition coefficient (Wildman–Crippen LogP) is 5.02. The van der Waals surface area contributed by atoms with Crippen LogP contribution in [0.5, 0.6) is 5.75 Å². The van der Waals surface area contributed by atoms with Gasteiger partial charge in [0.1, 0.15) is 11.6 Å². The molecule has 0 bridgehead atoms. The number of methoxy groups -OCH3 is 1. The first-order valence-electron chi connectivity index (χ1n) is 8.80. The molecule has 3 heteroatoms. The van der Waals surface area contributed by atoms with Gasteiger partial charge in [0.05, 0.1) is 12.8 Å². The Morgan fingerprint density at radius 1 is 0.800 bits per heavy atom. The predicted molar refractivity (Wildman–Crippen MR) is 103 cm³/mol. The van der Waals surface area contributed by atoms with E-state index < -0.39 is 0 Å². The Morgan fingerprint density at radius 2 is 1.52 bits per heavy atom. The van der Waals surface area contributed by atoms with Crippen molar-refractivity contribution < 1.29 is 4.74 Å². The van der Waals surface area contributed by atoms with Crippen molar-refractivity contribution in [3.8, 4) is 28.1 Å². The van der Waals surface area contributed by atoms with Crippen LogP contribution < -0.4 is 9.64 Å². The SMILES string of the molecule is COc1ccc(-c2cc(-c3ccccc3)nc(N3CCCC3)c2)cc1. The van der Waals surface area contributed by atoms with Crippen LogP contribution in [0.1, 0.15) is 12.8 Å². The fourth-order valence-electron chi connectivity index (χ4n) is 3.33. The molecule has 25 heavy (non-hydrogen) atoms. The van der Waals surface area contributed by atoms with Crippen molar-refractivity contribution in [3.63, 3.8) is 0 Å². The van der Waals surface area contributed by atoms with Crippen molar-refractivity contribution in [1.29, 1.82) is 0 Å². The van der Waals surface area contributed by atoms with Crippen LogP contribution in [-0.2, 0) is 0 Å². The van der Waals surface area contributed by atoms with Crippen LogP contribution in [0.3, 0.4) is 0 Å². The molecule has 1 aliphatic rings. The fraction of sp³-hybridized carbons (Fsp3) is 0.227. The number of anilines is 1. The molecular weight excluding hydrogens is 308 g/mol. The third-order valence-corrected chi connectivity index (χ3v) is 4.73. The molecule has 4 rings (SSSR count). The van der Waals surface area contributed by atoms with Crippen molar-refractivity contribution >= 4 is 5.82 Å². The van der Waals surface area contributed by atoms with Gasteiger partial charge in [0, 0.05) is 18.7 Å². The van der Waals surface area contributed by atoms with Gasteiger partial charge in [0.2, 0.25) is 0 Å². The van der Waals surface area contributed by atoms with E-state index in [2.05, 4.69) is 53.4 Å². The normalized spacial score (nSPS) is 13.9. The average Bonchev–Trinajstić information content (AvgIpc) is 3.23. The number of benzene rings is 2. The molecule has 2 heterocycles. The largest absolute Gasteiger partial charge is 0.497 e. The zero-order valence-corrected chi connectivity index (χ0v) is 14.5. The number of ether oxygens (including phenoxy) is 1. The highest BCUT2D eigenvalue weighted by atomic mass is 16.5. The summed E-state index contributed by atoms with van der Waals surface area (Å²) in [7, 11) is 1.69. The molecule has 0 N–H and O–H groups in total. The number of aromatic nitrogens is 1. The van der Waals surface area contributed by atoms with Gasteiger partial charge in [-0.2, -0.15) is 0 Å². The van der Waals surface area contributed by atoms with Crippen LogP contribution in [0, 0.1) is 0 Å². The molecule has 2 aromatic carbocycles.